The normalized spacial score (nSPS) is 14.9. The molecule has 2 aromatic carbocycles. The SMILES string of the molecule is CN(c1nc(N2CCNCC2)c2ccccc2n1)S(=O)(=O)c1ccc(Cl)c(Cl)c1. The molecule has 0 unspecified atom stereocenters. The second kappa shape index (κ2) is 7.95. The van der Waals surface area contributed by atoms with Crippen molar-refractivity contribution in [3.05, 3.63) is 52.5 Å². The lowest BCUT2D eigenvalue weighted by Gasteiger charge is -2.30. The summed E-state index contributed by atoms with van der Waals surface area (Å²) in [6.45, 7) is 3.24. The second-order valence-electron chi connectivity index (χ2n) is 6.65. The summed E-state index contributed by atoms with van der Waals surface area (Å²) in [5.41, 5.74) is 0.683. The molecule has 0 radical (unpaired) electrons. The number of nitrogens with one attached hydrogen (secondary N) is 1. The van der Waals surface area contributed by atoms with E-state index in [9.17, 15) is 8.42 Å². The van der Waals surface area contributed by atoms with Gasteiger partial charge in [0, 0.05) is 38.6 Å². The molecular weight excluding hydrogens is 433 g/mol. The van der Waals surface area contributed by atoms with Gasteiger partial charge >= 0.3 is 0 Å². The molecule has 1 aliphatic heterocycles. The van der Waals surface area contributed by atoms with E-state index >= 15 is 0 Å². The van der Waals surface area contributed by atoms with E-state index in [2.05, 4.69) is 20.2 Å². The molecule has 3 aromatic rings. The number of hydrogen-bond acceptors (Lipinski definition) is 6. The van der Waals surface area contributed by atoms with Crippen LogP contribution in [0.2, 0.25) is 10.0 Å². The Hall–Kier alpha value is -2.13. The lowest BCUT2D eigenvalue weighted by atomic mass is 10.2. The van der Waals surface area contributed by atoms with Crippen molar-refractivity contribution < 1.29 is 8.42 Å². The van der Waals surface area contributed by atoms with Crippen molar-refractivity contribution in [1.82, 2.24) is 15.3 Å². The molecule has 29 heavy (non-hydrogen) atoms. The Labute approximate surface area is 179 Å². The first-order chi connectivity index (χ1) is 13.9. The van der Waals surface area contributed by atoms with Gasteiger partial charge in [-0.2, -0.15) is 4.98 Å². The van der Waals surface area contributed by atoms with Crippen LogP contribution in [0.4, 0.5) is 11.8 Å². The van der Waals surface area contributed by atoms with Crippen LogP contribution in [0.5, 0.6) is 0 Å². The minimum absolute atomic E-state index is 0.0230. The summed E-state index contributed by atoms with van der Waals surface area (Å²) in [7, 11) is -2.48. The number of anilines is 2. The lowest BCUT2D eigenvalue weighted by Crippen LogP contribution is -2.44. The van der Waals surface area contributed by atoms with Crippen LogP contribution in [0.3, 0.4) is 0 Å². The van der Waals surface area contributed by atoms with Crippen LogP contribution in [0.1, 0.15) is 0 Å². The highest BCUT2D eigenvalue weighted by Gasteiger charge is 2.26. The van der Waals surface area contributed by atoms with E-state index < -0.39 is 10.0 Å². The van der Waals surface area contributed by atoms with Crippen molar-refractivity contribution >= 4 is 55.9 Å². The molecule has 0 saturated carbocycles. The zero-order valence-electron chi connectivity index (χ0n) is 15.6. The van der Waals surface area contributed by atoms with Crippen LogP contribution in [-0.2, 0) is 10.0 Å². The van der Waals surface area contributed by atoms with Gasteiger partial charge in [0.25, 0.3) is 10.0 Å². The molecule has 7 nitrogen and oxygen atoms in total. The molecule has 1 aromatic heterocycles. The van der Waals surface area contributed by atoms with Gasteiger partial charge in [-0.15, -0.1) is 0 Å². The van der Waals surface area contributed by atoms with Crippen molar-refractivity contribution in [2.75, 3.05) is 42.4 Å². The zero-order chi connectivity index (χ0) is 20.6. The van der Waals surface area contributed by atoms with Gasteiger partial charge in [0.15, 0.2) is 0 Å². The molecular formula is C19H19Cl2N5O2S. The number of halogens is 2. The Morgan fingerprint density at radius 1 is 1.03 bits per heavy atom. The maximum atomic E-state index is 13.1. The van der Waals surface area contributed by atoms with Gasteiger partial charge in [-0.3, -0.25) is 0 Å². The molecule has 10 heteroatoms. The number of nitrogens with zero attached hydrogens (tertiary/aromatic N) is 4. The van der Waals surface area contributed by atoms with Crippen LogP contribution in [0.25, 0.3) is 10.9 Å². The molecule has 0 atom stereocenters. The van der Waals surface area contributed by atoms with Gasteiger partial charge in [0.05, 0.1) is 20.5 Å². The molecule has 2 heterocycles. The predicted molar refractivity (Wildman–Crippen MR) is 117 cm³/mol. The third kappa shape index (κ3) is 3.85. The average molecular weight is 452 g/mol. The third-order valence-electron chi connectivity index (χ3n) is 4.82. The summed E-state index contributed by atoms with van der Waals surface area (Å²) < 4.78 is 27.4. The number of rotatable bonds is 4. The van der Waals surface area contributed by atoms with Crippen molar-refractivity contribution in [2.24, 2.45) is 0 Å². The molecule has 0 spiro atoms. The van der Waals surface area contributed by atoms with E-state index in [1.807, 2.05) is 24.3 Å². The predicted octanol–water partition coefficient (Wildman–Crippen LogP) is 3.17. The van der Waals surface area contributed by atoms with Crippen molar-refractivity contribution in [3.63, 3.8) is 0 Å². The van der Waals surface area contributed by atoms with E-state index in [-0.39, 0.29) is 20.9 Å². The number of aromatic nitrogens is 2. The standard InChI is InChI=1S/C19H19Cl2N5O2S/c1-25(29(27,28)13-6-7-15(20)16(21)12-13)19-23-17-5-3-2-4-14(17)18(24-19)26-10-8-22-9-11-26/h2-7,12,22H,8-11H2,1H3. The Balaban J connectivity index is 1.81. The molecule has 1 aliphatic rings. The summed E-state index contributed by atoms with van der Waals surface area (Å²) in [6, 6.07) is 11.8. The van der Waals surface area contributed by atoms with E-state index in [1.54, 1.807) is 0 Å². The van der Waals surface area contributed by atoms with Gasteiger partial charge in [-0.1, -0.05) is 35.3 Å². The third-order valence-corrected chi connectivity index (χ3v) is 7.29. The largest absolute Gasteiger partial charge is 0.353 e. The van der Waals surface area contributed by atoms with Crippen molar-refractivity contribution in [3.8, 4) is 0 Å². The Kier molecular flexibility index (Phi) is 5.52. The molecule has 4 rings (SSSR count). The van der Waals surface area contributed by atoms with Crippen LogP contribution in [0.15, 0.2) is 47.4 Å². The lowest BCUT2D eigenvalue weighted by molar-refractivity contribution is 0.585. The van der Waals surface area contributed by atoms with Gasteiger partial charge in [0.1, 0.15) is 5.82 Å². The first kappa shape index (κ1) is 20.2. The molecule has 1 N–H and O–H groups in total. The highest BCUT2D eigenvalue weighted by Crippen LogP contribution is 2.30. The summed E-state index contributed by atoms with van der Waals surface area (Å²) in [5.74, 6) is 0.826. The molecule has 152 valence electrons. The minimum Gasteiger partial charge on any atom is -0.353 e. The number of piperazine rings is 1. The smallest absolute Gasteiger partial charge is 0.266 e. The molecule has 0 amide bonds. The molecule has 0 bridgehead atoms. The van der Waals surface area contributed by atoms with Gasteiger partial charge < -0.3 is 10.2 Å². The Bertz CT molecular complexity index is 1170. The summed E-state index contributed by atoms with van der Waals surface area (Å²) in [5, 5.41) is 4.66. The van der Waals surface area contributed by atoms with Crippen LogP contribution < -0.4 is 14.5 Å². The summed E-state index contributed by atoms with van der Waals surface area (Å²) in [4.78, 5) is 11.3. The number of sulfonamides is 1. The van der Waals surface area contributed by atoms with Crippen LogP contribution in [0, 0.1) is 0 Å². The first-order valence-electron chi connectivity index (χ1n) is 9.04. The summed E-state index contributed by atoms with van der Waals surface area (Å²) >= 11 is 11.9. The maximum Gasteiger partial charge on any atom is 0.266 e. The number of benzene rings is 2. The fraction of sp³-hybridized carbons (Fsp3) is 0.263. The summed E-state index contributed by atoms with van der Waals surface area (Å²) in [6.07, 6.45) is 0. The Morgan fingerprint density at radius 2 is 1.76 bits per heavy atom. The van der Waals surface area contributed by atoms with Gasteiger partial charge in [-0.05, 0) is 30.3 Å². The first-order valence-corrected chi connectivity index (χ1v) is 11.2. The van der Waals surface area contributed by atoms with E-state index in [1.165, 1.54) is 25.2 Å². The fourth-order valence-corrected chi connectivity index (χ4v) is 4.69. The maximum absolute atomic E-state index is 13.1. The second-order valence-corrected chi connectivity index (χ2v) is 9.43. The molecule has 1 fully saturated rings. The quantitative estimate of drug-likeness (QED) is 0.655. The monoisotopic (exact) mass is 451 g/mol. The zero-order valence-corrected chi connectivity index (χ0v) is 18.0. The minimum atomic E-state index is -3.91. The topological polar surface area (TPSA) is 78.4 Å². The number of fused-ring (bicyclic) bond motifs is 1. The van der Waals surface area contributed by atoms with E-state index in [0.717, 1.165) is 41.7 Å². The molecule has 0 aliphatic carbocycles. The fourth-order valence-electron chi connectivity index (χ4n) is 3.21. The van der Waals surface area contributed by atoms with Crippen LogP contribution >= 0.6 is 23.2 Å². The molecule has 1 saturated heterocycles. The Morgan fingerprint density at radius 3 is 2.48 bits per heavy atom. The van der Waals surface area contributed by atoms with Crippen molar-refractivity contribution in [2.45, 2.75) is 4.90 Å². The van der Waals surface area contributed by atoms with Gasteiger partial charge in [-0.25, -0.2) is 17.7 Å². The van der Waals surface area contributed by atoms with Crippen molar-refractivity contribution in [1.29, 1.82) is 0 Å². The number of para-hydroxylation sites is 1. The van der Waals surface area contributed by atoms with Crippen LogP contribution in [-0.4, -0.2) is 51.6 Å². The van der Waals surface area contributed by atoms with E-state index in [0.29, 0.717) is 5.52 Å². The number of hydrogen-bond donors (Lipinski definition) is 1. The van der Waals surface area contributed by atoms with Gasteiger partial charge in [0.2, 0.25) is 5.95 Å². The highest BCUT2D eigenvalue weighted by molar-refractivity contribution is 7.92. The average Bonchev–Trinajstić information content (AvgIpc) is 2.74. The van der Waals surface area contributed by atoms with E-state index in [4.69, 9.17) is 23.2 Å². The highest BCUT2D eigenvalue weighted by atomic mass is 35.5.